The average molecular weight is 410 g/mol. The first-order chi connectivity index (χ1) is 14.6. The van der Waals surface area contributed by atoms with E-state index in [1.165, 1.54) is 22.5 Å². The molecule has 0 saturated heterocycles. The molecule has 2 nitrogen and oxygen atoms in total. The van der Waals surface area contributed by atoms with Crippen molar-refractivity contribution in [2.45, 2.75) is 19.3 Å². The number of anilines is 3. The molecule has 1 aromatic heterocycles. The molecule has 0 unspecified atom stereocenters. The van der Waals surface area contributed by atoms with Crippen molar-refractivity contribution in [2.75, 3.05) is 4.90 Å². The van der Waals surface area contributed by atoms with Crippen LogP contribution in [0.1, 0.15) is 25.0 Å². The van der Waals surface area contributed by atoms with Gasteiger partial charge in [-0.05, 0) is 35.4 Å². The van der Waals surface area contributed by atoms with Crippen LogP contribution in [0.5, 0.6) is 0 Å². The summed E-state index contributed by atoms with van der Waals surface area (Å²) in [7, 11) is 0. The van der Waals surface area contributed by atoms with Gasteiger partial charge in [-0.25, -0.2) is 0 Å². The molecular weight excluding hydrogens is 390 g/mol. The van der Waals surface area contributed by atoms with Gasteiger partial charge in [0.25, 0.3) is 0 Å². The van der Waals surface area contributed by atoms with Gasteiger partial charge >= 0.3 is 0 Å². The maximum atomic E-state index is 6.83. The molecule has 0 amide bonds. The fourth-order valence-corrected chi connectivity index (χ4v) is 5.17. The van der Waals surface area contributed by atoms with Crippen LogP contribution in [0.15, 0.2) is 89.3 Å². The standard InChI is InChI=1S/C27H20ClNO/c1-27(2)19-10-4-6-12-22(19)29(23-13-7-5-11-20(23)27)17-15-21(28)26-18-9-3-8-14-24(18)30-25(26)16-17/h3-16H,1-2H3. The molecule has 4 aromatic carbocycles. The molecule has 2 heterocycles. The highest BCUT2D eigenvalue weighted by atomic mass is 35.5. The van der Waals surface area contributed by atoms with Gasteiger partial charge in [0.05, 0.1) is 22.1 Å². The van der Waals surface area contributed by atoms with E-state index in [4.69, 9.17) is 16.0 Å². The SMILES string of the molecule is CC1(C)c2ccccc2N(c2cc(Cl)c3c(c2)oc2ccccc23)c2ccccc21. The van der Waals surface area contributed by atoms with Gasteiger partial charge in [-0.15, -0.1) is 0 Å². The lowest BCUT2D eigenvalue weighted by Crippen LogP contribution is -2.30. The molecular formula is C27H20ClNO. The van der Waals surface area contributed by atoms with Gasteiger partial charge < -0.3 is 9.32 Å². The zero-order chi connectivity index (χ0) is 20.5. The number of hydrogen-bond acceptors (Lipinski definition) is 2. The summed E-state index contributed by atoms with van der Waals surface area (Å²) in [5.41, 5.74) is 7.51. The molecule has 1 aliphatic heterocycles. The lowest BCUT2D eigenvalue weighted by molar-refractivity contribution is 0.632. The minimum atomic E-state index is -0.0864. The van der Waals surface area contributed by atoms with Gasteiger partial charge in [-0.1, -0.05) is 80.0 Å². The number of furan rings is 1. The highest BCUT2D eigenvalue weighted by Crippen LogP contribution is 2.52. The highest BCUT2D eigenvalue weighted by molar-refractivity contribution is 6.38. The summed E-state index contributed by atoms with van der Waals surface area (Å²) in [5, 5.41) is 2.71. The van der Waals surface area contributed by atoms with Crippen LogP contribution in [-0.2, 0) is 5.41 Å². The van der Waals surface area contributed by atoms with Crippen molar-refractivity contribution in [3.05, 3.63) is 101 Å². The molecule has 146 valence electrons. The summed E-state index contributed by atoms with van der Waals surface area (Å²) in [6, 6.07) is 29.4. The molecule has 0 N–H and O–H groups in total. The Morgan fingerprint density at radius 1 is 0.733 bits per heavy atom. The normalized spacial score (nSPS) is 14.7. The first kappa shape index (κ1) is 17.6. The third kappa shape index (κ3) is 2.31. The van der Waals surface area contributed by atoms with Crippen LogP contribution >= 0.6 is 11.6 Å². The van der Waals surface area contributed by atoms with Crippen molar-refractivity contribution in [3.63, 3.8) is 0 Å². The van der Waals surface area contributed by atoms with Crippen LogP contribution in [0.25, 0.3) is 21.9 Å². The molecule has 0 saturated carbocycles. The maximum absolute atomic E-state index is 6.83. The van der Waals surface area contributed by atoms with Gasteiger partial charge in [0.1, 0.15) is 11.2 Å². The molecule has 0 bridgehead atoms. The Balaban J connectivity index is 1.67. The predicted molar refractivity (Wildman–Crippen MR) is 126 cm³/mol. The fraction of sp³-hybridized carbons (Fsp3) is 0.111. The minimum absolute atomic E-state index is 0.0864. The van der Waals surface area contributed by atoms with E-state index in [1.54, 1.807) is 0 Å². The van der Waals surface area contributed by atoms with E-state index in [2.05, 4.69) is 85.5 Å². The van der Waals surface area contributed by atoms with Crippen molar-refractivity contribution >= 4 is 50.6 Å². The lowest BCUT2D eigenvalue weighted by atomic mass is 9.73. The summed E-state index contributed by atoms with van der Waals surface area (Å²) < 4.78 is 6.17. The summed E-state index contributed by atoms with van der Waals surface area (Å²) in [6.07, 6.45) is 0. The largest absolute Gasteiger partial charge is 0.456 e. The summed E-state index contributed by atoms with van der Waals surface area (Å²) in [5.74, 6) is 0. The number of halogens is 1. The number of benzene rings is 4. The number of fused-ring (bicyclic) bond motifs is 5. The molecule has 0 radical (unpaired) electrons. The third-order valence-electron chi connectivity index (χ3n) is 6.31. The molecule has 30 heavy (non-hydrogen) atoms. The van der Waals surface area contributed by atoms with Crippen molar-refractivity contribution in [2.24, 2.45) is 0 Å². The number of hydrogen-bond donors (Lipinski definition) is 0. The van der Waals surface area contributed by atoms with E-state index in [9.17, 15) is 0 Å². The fourth-order valence-electron chi connectivity index (χ4n) is 4.87. The van der Waals surface area contributed by atoms with Crippen LogP contribution in [0.3, 0.4) is 0 Å². The van der Waals surface area contributed by atoms with Crippen LogP contribution in [0.4, 0.5) is 17.1 Å². The molecule has 3 heteroatoms. The summed E-state index contributed by atoms with van der Waals surface area (Å²) in [4.78, 5) is 2.30. The number of nitrogens with zero attached hydrogens (tertiary/aromatic N) is 1. The van der Waals surface area contributed by atoms with Crippen molar-refractivity contribution in [1.82, 2.24) is 0 Å². The second-order valence-electron chi connectivity index (χ2n) is 8.39. The Kier molecular flexibility index (Phi) is 3.60. The Labute approximate surface area is 180 Å². The maximum Gasteiger partial charge on any atom is 0.139 e. The summed E-state index contributed by atoms with van der Waals surface area (Å²) in [6.45, 7) is 4.58. The van der Waals surface area contributed by atoms with Crippen LogP contribution < -0.4 is 4.90 Å². The number of para-hydroxylation sites is 3. The third-order valence-corrected chi connectivity index (χ3v) is 6.61. The second kappa shape index (κ2) is 6.13. The Morgan fingerprint density at radius 2 is 1.33 bits per heavy atom. The van der Waals surface area contributed by atoms with Crippen molar-refractivity contribution in [1.29, 1.82) is 0 Å². The zero-order valence-electron chi connectivity index (χ0n) is 16.8. The van der Waals surface area contributed by atoms with Gasteiger partial charge in [0.2, 0.25) is 0 Å². The van der Waals surface area contributed by atoms with Gasteiger partial charge in [0, 0.05) is 22.3 Å². The first-order valence-corrected chi connectivity index (χ1v) is 10.5. The van der Waals surface area contributed by atoms with Crippen molar-refractivity contribution in [3.8, 4) is 0 Å². The summed E-state index contributed by atoms with van der Waals surface area (Å²) >= 11 is 6.83. The zero-order valence-corrected chi connectivity index (χ0v) is 17.6. The topological polar surface area (TPSA) is 16.4 Å². The Hall–Kier alpha value is -3.23. The van der Waals surface area contributed by atoms with E-state index in [1.807, 2.05) is 18.2 Å². The Morgan fingerprint density at radius 3 is 2.03 bits per heavy atom. The van der Waals surface area contributed by atoms with E-state index in [0.29, 0.717) is 5.02 Å². The monoisotopic (exact) mass is 409 g/mol. The molecule has 6 rings (SSSR count). The van der Waals surface area contributed by atoms with Gasteiger partial charge in [-0.3, -0.25) is 0 Å². The molecule has 0 spiro atoms. The van der Waals surface area contributed by atoms with E-state index in [0.717, 1.165) is 27.6 Å². The average Bonchev–Trinajstić information content (AvgIpc) is 3.13. The lowest BCUT2D eigenvalue weighted by Gasteiger charge is -2.42. The first-order valence-electron chi connectivity index (χ1n) is 10.2. The van der Waals surface area contributed by atoms with Gasteiger partial charge in [0.15, 0.2) is 0 Å². The van der Waals surface area contributed by atoms with Crippen LogP contribution in [-0.4, -0.2) is 0 Å². The molecule has 0 fully saturated rings. The highest BCUT2D eigenvalue weighted by Gasteiger charge is 2.36. The molecule has 0 aliphatic carbocycles. The molecule has 1 aliphatic rings. The number of rotatable bonds is 1. The van der Waals surface area contributed by atoms with E-state index in [-0.39, 0.29) is 5.41 Å². The van der Waals surface area contributed by atoms with Crippen LogP contribution in [0.2, 0.25) is 5.02 Å². The Bertz CT molecular complexity index is 1400. The molecule has 5 aromatic rings. The molecule has 0 atom stereocenters. The van der Waals surface area contributed by atoms with Crippen molar-refractivity contribution < 1.29 is 4.42 Å². The minimum Gasteiger partial charge on any atom is -0.456 e. The van der Waals surface area contributed by atoms with Crippen LogP contribution in [0, 0.1) is 0 Å². The second-order valence-corrected chi connectivity index (χ2v) is 8.80. The van der Waals surface area contributed by atoms with Gasteiger partial charge in [-0.2, -0.15) is 0 Å². The predicted octanol–water partition coefficient (Wildman–Crippen LogP) is 8.35. The quantitative estimate of drug-likeness (QED) is 0.276. The van der Waals surface area contributed by atoms with E-state index >= 15 is 0 Å². The smallest absolute Gasteiger partial charge is 0.139 e. The van der Waals surface area contributed by atoms with E-state index < -0.39 is 0 Å².